The molecule has 0 saturated heterocycles. The number of ether oxygens (including phenoxy) is 2. The van der Waals surface area contributed by atoms with E-state index in [0.717, 1.165) is 11.1 Å². The lowest BCUT2D eigenvalue weighted by molar-refractivity contribution is 0.0846. The molecule has 6 heteroatoms. The number of benzene rings is 3. The Morgan fingerprint density at radius 2 is 1.21 bits per heavy atom. The highest BCUT2D eigenvalue weighted by atomic mass is 16.6. The van der Waals surface area contributed by atoms with Gasteiger partial charge < -0.3 is 9.47 Å². The molecule has 140 valence electrons. The fraction of sp³-hybridized carbons (Fsp3) is 0.0909. The summed E-state index contributed by atoms with van der Waals surface area (Å²) in [5, 5.41) is 0. The maximum atomic E-state index is 12.3. The lowest BCUT2D eigenvalue weighted by Gasteiger charge is -2.18. The smallest absolute Gasteiger partial charge is 0.269 e. The summed E-state index contributed by atoms with van der Waals surface area (Å²) in [6.07, 6.45) is 0. The van der Waals surface area contributed by atoms with Crippen LogP contribution in [-0.2, 0) is 0 Å². The van der Waals surface area contributed by atoms with E-state index in [9.17, 15) is 9.59 Å². The van der Waals surface area contributed by atoms with E-state index in [1.165, 1.54) is 0 Å². The second-order valence-corrected chi connectivity index (χ2v) is 6.21. The van der Waals surface area contributed by atoms with E-state index in [1.807, 2.05) is 42.5 Å². The Balaban J connectivity index is 1.38. The molecule has 1 heterocycles. The van der Waals surface area contributed by atoms with Crippen LogP contribution in [0, 0.1) is 0 Å². The van der Waals surface area contributed by atoms with Crippen LogP contribution in [-0.4, -0.2) is 25.0 Å². The fourth-order valence-electron chi connectivity index (χ4n) is 2.89. The van der Waals surface area contributed by atoms with Gasteiger partial charge in [-0.2, -0.15) is 0 Å². The molecule has 3 aromatic rings. The second kappa shape index (κ2) is 7.84. The third-order valence-electron chi connectivity index (χ3n) is 4.35. The number of fused-ring (bicyclic) bond motifs is 1. The second-order valence-electron chi connectivity index (χ2n) is 6.21. The molecule has 0 unspecified atom stereocenters. The van der Waals surface area contributed by atoms with Crippen LogP contribution in [0.2, 0.25) is 0 Å². The van der Waals surface area contributed by atoms with Gasteiger partial charge in [0.1, 0.15) is 13.2 Å². The van der Waals surface area contributed by atoms with Crippen molar-refractivity contribution in [3.63, 3.8) is 0 Å². The molecule has 0 bridgehead atoms. The first-order valence-corrected chi connectivity index (χ1v) is 8.86. The summed E-state index contributed by atoms with van der Waals surface area (Å²) in [6.45, 7) is 0.922. The van der Waals surface area contributed by atoms with Crippen molar-refractivity contribution in [2.24, 2.45) is 0 Å². The first-order chi connectivity index (χ1) is 13.7. The summed E-state index contributed by atoms with van der Waals surface area (Å²) < 4.78 is 10.9. The van der Waals surface area contributed by atoms with Crippen molar-refractivity contribution in [1.82, 2.24) is 10.9 Å². The first-order valence-electron chi connectivity index (χ1n) is 8.86. The van der Waals surface area contributed by atoms with E-state index in [1.54, 1.807) is 30.3 Å². The highest BCUT2D eigenvalue weighted by Crippen LogP contribution is 2.30. The maximum Gasteiger partial charge on any atom is 0.269 e. The lowest BCUT2D eigenvalue weighted by atomic mass is 10.0. The minimum absolute atomic E-state index is 0.365. The molecule has 4 rings (SSSR count). The van der Waals surface area contributed by atoms with Crippen molar-refractivity contribution in [1.29, 1.82) is 0 Å². The molecule has 0 aromatic heterocycles. The average Bonchev–Trinajstić information content (AvgIpc) is 2.77. The summed E-state index contributed by atoms with van der Waals surface area (Å²) >= 11 is 0. The lowest BCUT2D eigenvalue weighted by Crippen LogP contribution is -2.41. The number of hydrogen-bond acceptors (Lipinski definition) is 4. The van der Waals surface area contributed by atoms with Gasteiger partial charge in [-0.25, -0.2) is 0 Å². The molecule has 0 radical (unpaired) electrons. The molecule has 28 heavy (non-hydrogen) atoms. The molecule has 3 aromatic carbocycles. The van der Waals surface area contributed by atoms with Gasteiger partial charge in [-0.3, -0.25) is 20.4 Å². The number of carbonyl (C=O) groups is 2. The molecule has 0 aliphatic carbocycles. The quantitative estimate of drug-likeness (QED) is 0.691. The number of nitrogens with one attached hydrogen (secondary N) is 2. The molecule has 0 fully saturated rings. The van der Waals surface area contributed by atoms with Crippen molar-refractivity contribution in [2.45, 2.75) is 0 Å². The van der Waals surface area contributed by atoms with Gasteiger partial charge in [0.25, 0.3) is 11.8 Å². The van der Waals surface area contributed by atoms with Crippen molar-refractivity contribution in [3.05, 3.63) is 83.9 Å². The Labute approximate surface area is 162 Å². The normalized spacial score (nSPS) is 12.1. The zero-order chi connectivity index (χ0) is 19.3. The molecular formula is C22H18N2O4. The van der Waals surface area contributed by atoms with Crippen LogP contribution >= 0.6 is 0 Å². The van der Waals surface area contributed by atoms with Gasteiger partial charge in [0.05, 0.1) is 0 Å². The molecule has 0 atom stereocenters. The van der Waals surface area contributed by atoms with E-state index in [4.69, 9.17) is 9.47 Å². The third kappa shape index (κ3) is 3.81. The zero-order valence-corrected chi connectivity index (χ0v) is 15.0. The van der Waals surface area contributed by atoms with Crippen LogP contribution in [0.15, 0.2) is 72.8 Å². The van der Waals surface area contributed by atoms with Crippen molar-refractivity contribution >= 4 is 11.8 Å². The number of rotatable bonds is 3. The van der Waals surface area contributed by atoms with Crippen LogP contribution < -0.4 is 20.3 Å². The molecule has 1 aliphatic heterocycles. The Morgan fingerprint density at radius 3 is 1.93 bits per heavy atom. The van der Waals surface area contributed by atoms with Gasteiger partial charge in [-0.05, 0) is 41.5 Å². The summed E-state index contributed by atoms with van der Waals surface area (Å²) in [5.41, 5.74) is 7.73. The van der Waals surface area contributed by atoms with Gasteiger partial charge in [0, 0.05) is 11.1 Å². The number of hydrogen-bond donors (Lipinski definition) is 2. The van der Waals surface area contributed by atoms with Crippen LogP contribution in [0.1, 0.15) is 20.7 Å². The Bertz CT molecular complexity index is 1000. The maximum absolute atomic E-state index is 12.3. The third-order valence-corrected chi connectivity index (χ3v) is 4.35. The van der Waals surface area contributed by atoms with Crippen LogP contribution in [0.25, 0.3) is 11.1 Å². The molecule has 2 N–H and O–H groups in total. The van der Waals surface area contributed by atoms with Crippen LogP contribution in [0.4, 0.5) is 0 Å². The fourth-order valence-corrected chi connectivity index (χ4v) is 2.89. The summed E-state index contributed by atoms with van der Waals surface area (Å²) in [5.74, 6) is 0.281. The predicted octanol–water partition coefficient (Wildman–Crippen LogP) is 3.20. The van der Waals surface area contributed by atoms with Gasteiger partial charge in [0.2, 0.25) is 0 Å². The minimum Gasteiger partial charge on any atom is -0.486 e. The van der Waals surface area contributed by atoms with E-state index < -0.39 is 11.8 Å². The molecule has 1 aliphatic rings. The van der Waals surface area contributed by atoms with E-state index in [0.29, 0.717) is 35.8 Å². The first kappa shape index (κ1) is 17.6. The predicted molar refractivity (Wildman–Crippen MR) is 104 cm³/mol. The molecule has 0 saturated carbocycles. The molecular weight excluding hydrogens is 356 g/mol. The Hall–Kier alpha value is -3.80. The van der Waals surface area contributed by atoms with E-state index in [2.05, 4.69) is 10.9 Å². The Morgan fingerprint density at radius 1 is 0.643 bits per heavy atom. The van der Waals surface area contributed by atoms with Gasteiger partial charge >= 0.3 is 0 Å². The number of carbonyl (C=O) groups excluding carboxylic acids is 2. The highest BCUT2D eigenvalue weighted by Gasteiger charge is 2.15. The van der Waals surface area contributed by atoms with E-state index >= 15 is 0 Å². The van der Waals surface area contributed by atoms with Gasteiger partial charge in [-0.1, -0.05) is 42.5 Å². The van der Waals surface area contributed by atoms with E-state index in [-0.39, 0.29) is 0 Å². The van der Waals surface area contributed by atoms with Crippen molar-refractivity contribution < 1.29 is 19.1 Å². The van der Waals surface area contributed by atoms with Crippen LogP contribution in [0.5, 0.6) is 11.5 Å². The SMILES string of the molecule is O=C(NNC(=O)c1ccc2c(c1)OCCO2)c1ccc(-c2ccccc2)cc1. The number of hydrazine groups is 1. The van der Waals surface area contributed by atoms with Crippen LogP contribution in [0.3, 0.4) is 0 Å². The summed E-state index contributed by atoms with van der Waals surface area (Å²) in [4.78, 5) is 24.6. The average molecular weight is 374 g/mol. The van der Waals surface area contributed by atoms with Crippen molar-refractivity contribution in [3.8, 4) is 22.6 Å². The standard InChI is InChI=1S/C22H18N2O4/c25-21(17-8-6-16(7-9-17)15-4-2-1-3-5-15)23-24-22(26)18-10-11-19-20(14-18)28-13-12-27-19/h1-11,14H,12-13H2,(H,23,25)(H,24,26). The molecule has 6 nitrogen and oxygen atoms in total. The summed E-state index contributed by atoms with van der Waals surface area (Å²) in [7, 11) is 0. The molecule has 2 amide bonds. The van der Waals surface area contributed by atoms with Crippen molar-refractivity contribution in [2.75, 3.05) is 13.2 Å². The summed E-state index contributed by atoms with van der Waals surface area (Å²) in [6, 6.07) is 21.9. The Kier molecular flexibility index (Phi) is 4.93. The monoisotopic (exact) mass is 374 g/mol. The molecule has 0 spiro atoms. The topological polar surface area (TPSA) is 76.7 Å². The van der Waals surface area contributed by atoms with Gasteiger partial charge in [-0.15, -0.1) is 0 Å². The zero-order valence-electron chi connectivity index (χ0n) is 15.0. The highest BCUT2D eigenvalue weighted by molar-refractivity contribution is 5.99. The van der Waals surface area contributed by atoms with Gasteiger partial charge in [0.15, 0.2) is 11.5 Å². The number of amides is 2. The minimum atomic E-state index is -0.439. The largest absolute Gasteiger partial charge is 0.486 e.